The first-order chi connectivity index (χ1) is 8.56. The van der Waals surface area contributed by atoms with Crippen molar-refractivity contribution in [3.63, 3.8) is 0 Å². The van der Waals surface area contributed by atoms with Gasteiger partial charge in [-0.25, -0.2) is 0 Å². The van der Waals surface area contributed by atoms with Crippen molar-refractivity contribution in [2.75, 3.05) is 32.9 Å². The second kappa shape index (κ2) is 5.91. The summed E-state index contributed by atoms with van der Waals surface area (Å²) in [6.45, 7) is 3.20. The van der Waals surface area contributed by atoms with Crippen LogP contribution in [-0.2, 0) is 6.54 Å². The van der Waals surface area contributed by atoms with E-state index in [0.717, 1.165) is 24.3 Å². The van der Waals surface area contributed by atoms with Gasteiger partial charge in [-0.15, -0.1) is 0 Å². The third-order valence-electron chi connectivity index (χ3n) is 3.74. The zero-order valence-corrected chi connectivity index (χ0v) is 12.0. The molecule has 0 saturated carbocycles. The Hall–Kier alpha value is -0.770. The lowest BCUT2D eigenvalue weighted by molar-refractivity contribution is 0.216. The van der Waals surface area contributed by atoms with E-state index in [1.165, 1.54) is 19.4 Å². The van der Waals surface area contributed by atoms with Gasteiger partial charge in [-0.1, -0.05) is 17.7 Å². The first-order valence-corrected chi connectivity index (χ1v) is 6.87. The monoisotopic (exact) mass is 267 g/mol. The number of halogens is 1. The highest BCUT2D eigenvalue weighted by atomic mass is 35.5. The van der Waals surface area contributed by atoms with Crippen LogP contribution in [0.25, 0.3) is 0 Å². The van der Waals surface area contributed by atoms with E-state index in [2.05, 4.69) is 23.9 Å². The maximum absolute atomic E-state index is 5.98. The summed E-state index contributed by atoms with van der Waals surface area (Å²) >= 11 is 5.91. The minimum atomic E-state index is 0.684. The van der Waals surface area contributed by atoms with Gasteiger partial charge in [-0.05, 0) is 51.2 Å². The van der Waals surface area contributed by atoms with Gasteiger partial charge in [0.2, 0.25) is 0 Å². The minimum Gasteiger partial charge on any atom is -0.398 e. The molecule has 0 bridgehead atoms. The van der Waals surface area contributed by atoms with Crippen LogP contribution in [0, 0.1) is 0 Å². The molecule has 0 aliphatic carbocycles. The number of nitrogens with two attached hydrogens (primary N) is 1. The van der Waals surface area contributed by atoms with E-state index in [1.54, 1.807) is 0 Å². The fourth-order valence-electron chi connectivity index (χ4n) is 2.63. The molecule has 1 unspecified atom stereocenters. The molecule has 1 aliphatic heterocycles. The molecule has 100 valence electrons. The number of hydrogen-bond donors (Lipinski definition) is 1. The summed E-state index contributed by atoms with van der Waals surface area (Å²) in [4.78, 5) is 4.79. The first-order valence-electron chi connectivity index (χ1n) is 6.49. The minimum absolute atomic E-state index is 0.684. The Balaban J connectivity index is 1.92. The van der Waals surface area contributed by atoms with Gasteiger partial charge in [0.15, 0.2) is 0 Å². The Labute approximate surface area is 115 Å². The molecule has 1 aromatic carbocycles. The SMILES string of the molecule is CN(Cc1ccc(Cl)cc1N)CC1CCCN1C. The largest absolute Gasteiger partial charge is 0.398 e. The molecule has 1 aromatic rings. The number of likely N-dealkylation sites (tertiary alicyclic amines) is 1. The molecular formula is C14H22ClN3. The molecular weight excluding hydrogens is 246 g/mol. The van der Waals surface area contributed by atoms with Gasteiger partial charge in [0, 0.05) is 29.8 Å². The Morgan fingerprint density at radius 2 is 2.28 bits per heavy atom. The number of nitrogen functional groups attached to an aromatic ring is 1. The molecule has 1 atom stereocenters. The van der Waals surface area contributed by atoms with Crippen molar-refractivity contribution < 1.29 is 0 Å². The van der Waals surface area contributed by atoms with Gasteiger partial charge in [0.25, 0.3) is 0 Å². The highest BCUT2D eigenvalue weighted by Crippen LogP contribution is 2.20. The summed E-state index contributed by atoms with van der Waals surface area (Å²) < 4.78 is 0. The lowest BCUT2D eigenvalue weighted by Crippen LogP contribution is -2.36. The van der Waals surface area contributed by atoms with Crippen molar-refractivity contribution in [3.8, 4) is 0 Å². The topological polar surface area (TPSA) is 32.5 Å². The molecule has 0 radical (unpaired) electrons. The van der Waals surface area contributed by atoms with E-state index < -0.39 is 0 Å². The quantitative estimate of drug-likeness (QED) is 0.851. The van der Waals surface area contributed by atoms with Gasteiger partial charge in [0.1, 0.15) is 0 Å². The number of hydrogen-bond acceptors (Lipinski definition) is 3. The highest BCUT2D eigenvalue weighted by Gasteiger charge is 2.22. The third-order valence-corrected chi connectivity index (χ3v) is 3.98. The summed E-state index contributed by atoms with van der Waals surface area (Å²) in [7, 11) is 4.36. The Bertz CT molecular complexity index is 408. The number of likely N-dealkylation sites (N-methyl/N-ethyl adjacent to an activating group) is 2. The zero-order chi connectivity index (χ0) is 13.1. The average Bonchev–Trinajstić information content (AvgIpc) is 2.69. The van der Waals surface area contributed by atoms with Gasteiger partial charge in [-0.3, -0.25) is 0 Å². The average molecular weight is 268 g/mol. The standard InChI is InChI=1S/C14H22ClN3/c1-17(10-13-4-3-7-18(13)2)9-11-5-6-12(15)8-14(11)16/h5-6,8,13H,3-4,7,9-10,16H2,1-2H3. The van der Waals surface area contributed by atoms with Gasteiger partial charge >= 0.3 is 0 Å². The van der Waals surface area contributed by atoms with Crippen molar-refractivity contribution in [1.29, 1.82) is 0 Å². The van der Waals surface area contributed by atoms with Crippen LogP contribution in [0.15, 0.2) is 18.2 Å². The molecule has 4 heteroatoms. The second-order valence-corrected chi connectivity index (χ2v) is 5.75. The molecule has 0 spiro atoms. The number of anilines is 1. The van der Waals surface area contributed by atoms with Crippen LogP contribution >= 0.6 is 11.6 Å². The van der Waals surface area contributed by atoms with Crippen molar-refractivity contribution in [2.24, 2.45) is 0 Å². The maximum Gasteiger partial charge on any atom is 0.0426 e. The fraction of sp³-hybridized carbons (Fsp3) is 0.571. The molecule has 1 aliphatic rings. The molecule has 0 amide bonds. The van der Waals surface area contributed by atoms with Crippen molar-refractivity contribution in [3.05, 3.63) is 28.8 Å². The summed E-state index contributed by atoms with van der Waals surface area (Å²) in [5.74, 6) is 0. The summed E-state index contributed by atoms with van der Waals surface area (Å²) in [6.07, 6.45) is 2.62. The van der Waals surface area contributed by atoms with Crippen molar-refractivity contribution in [2.45, 2.75) is 25.4 Å². The molecule has 2 N–H and O–H groups in total. The second-order valence-electron chi connectivity index (χ2n) is 5.32. The van der Waals surface area contributed by atoms with Crippen LogP contribution in [0.5, 0.6) is 0 Å². The lowest BCUT2D eigenvalue weighted by Gasteiger charge is -2.26. The van der Waals surface area contributed by atoms with Gasteiger partial charge in [-0.2, -0.15) is 0 Å². The van der Waals surface area contributed by atoms with E-state index in [-0.39, 0.29) is 0 Å². The summed E-state index contributed by atoms with van der Waals surface area (Å²) in [6, 6.07) is 6.44. The zero-order valence-electron chi connectivity index (χ0n) is 11.2. The molecule has 1 saturated heterocycles. The van der Waals surface area contributed by atoms with E-state index in [0.29, 0.717) is 11.1 Å². The number of nitrogens with zero attached hydrogens (tertiary/aromatic N) is 2. The predicted octanol–water partition coefficient (Wildman–Crippen LogP) is 2.45. The van der Waals surface area contributed by atoms with Crippen LogP contribution in [0.1, 0.15) is 18.4 Å². The Morgan fingerprint density at radius 3 is 2.89 bits per heavy atom. The number of benzene rings is 1. The van der Waals surface area contributed by atoms with Gasteiger partial charge < -0.3 is 15.5 Å². The van der Waals surface area contributed by atoms with Crippen molar-refractivity contribution >= 4 is 17.3 Å². The van der Waals surface area contributed by atoms with Crippen LogP contribution in [0.2, 0.25) is 5.02 Å². The third kappa shape index (κ3) is 3.37. The Morgan fingerprint density at radius 1 is 1.50 bits per heavy atom. The fourth-order valence-corrected chi connectivity index (χ4v) is 2.82. The van der Waals surface area contributed by atoms with Crippen LogP contribution in [0.3, 0.4) is 0 Å². The highest BCUT2D eigenvalue weighted by molar-refractivity contribution is 6.30. The number of rotatable bonds is 4. The summed E-state index contributed by atoms with van der Waals surface area (Å²) in [5.41, 5.74) is 7.92. The molecule has 2 rings (SSSR count). The van der Waals surface area contributed by atoms with E-state index in [1.807, 2.05) is 18.2 Å². The van der Waals surface area contributed by atoms with E-state index >= 15 is 0 Å². The predicted molar refractivity (Wildman–Crippen MR) is 77.9 cm³/mol. The van der Waals surface area contributed by atoms with E-state index in [4.69, 9.17) is 17.3 Å². The first kappa shape index (κ1) is 13.7. The summed E-state index contributed by atoms with van der Waals surface area (Å²) in [5, 5.41) is 0.703. The Kier molecular flexibility index (Phi) is 4.49. The molecule has 3 nitrogen and oxygen atoms in total. The molecule has 0 aromatic heterocycles. The lowest BCUT2D eigenvalue weighted by atomic mass is 10.1. The molecule has 1 heterocycles. The van der Waals surface area contributed by atoms with Crippen LogP contribution < -0.4 is 5.73 Å². The normalized spacial score (nSPS) is 20.8. The maximum atomic E-state index is 5.98. The molecule has 18 heavy (non-hydrogen) atoms. The van der Waals surface area contributed by atoms with Gasteiger partial charge in [0.05, 0.1) is 0 Å². The van der Waals surface area contributed by atoms with Crippen molar-refractivity contribution in [1.82, 2.24) is 9.80 Å². The molecule has 1 fully saturated rings. The van der Waals surface area contributed by atoms with Crippen LogP contribution in [0.4, 0.5) is 5.69 Å². The smallest absolute Gasteiger partial charge is 0.0426 e. The van der Waals surface area contributed by atoms with Crippen LogP contribution in [-0.4, -0.2) is 43.0 Å². The van der Waals surface area contributed by atoms with E-state index in [9.17, 15) is 0 Å².